The van der Waals surface area contributed by atoms with Gasteiger partial charge in [0.25, 0.3) is 5.79 Å². The van der Waals surface area contributed by atoms with E-state index in [1.54, 1.807) is 4.90 Å². The van der Waals surface area contributed by atoms with E-state index < -0.39 is 25.8 Å². The van der Waals surface area contributed by atoms with E-state index in [0.717, 1.165) is 11.3 Å². The smallest absolute Gasteiger partial charge is 0.350 e. The van der Waals surface area contributed by atoms with Gasteiger partial charge < -0.3 is 14.4 Å². The maximum atomic E-state index is 12.1. The van der Waals surface area contributed by atoms with Crippen LogP contribution in [0, 0.1) is 6.92 Å². The monoisotopic (exact) mass is 347 g/mol. The van der Waals surface area contributed by atoms with Crippen LogP contribution in [0.4, 0.5) is 5.69 Å². The normalized spacial score (nSPS) is 17.2. The average Bonchev–Trinajstić information content (AvgIpc) is 2.40. The Bertz CT molecular complexity index is 694. The molecular weight excluding hydrogens is 322 g/mol. The average molecular weight is 347 g/mol. The summed E-state index contributed by atoms with van der Waals surface area (Å²) >= 11 is 0. The molecule has 2 rings (SSSR count). The Morgan fingerprint density at radius 1 is 1.08 bits per heavy atom. The van der Waals surface area contributed by atoms with Crippen LogP contribution in [-0.2, 0) is 19.1 Å². The first-order valence-corrected chi connectivity index (χ1v) is 11.4. The van der Waals surface area contributed by atoms with E-state index in [4.69, 9.17) is 9.47 Å². The minimum absolute atomic E-state index is 0.0974. The number of ether oxygens (including phenoxy) is 2. The molecule has 0 aromatic heterocycles. The van der Waals surface area contributed by atoms with Crippen LogP contribution in [0.25, 0.3) is 0 Å². The number of benzene rings is 1. The number of carbonyl (C=O) groups excluding carboxylic acids is 2. The molecule has 5 nitrogen and oxygen atoms in total. The van der Waals surface area contributed by atoms with Gasteiger partial charge in [-0.05, 0) is 23.7 Å². The predicted octanol–water partition coefficient (Wildman–Crippen LogP) is 2.70. The van der Waals surface area contributed by atoms with E-state index in [2.05, 4.69) is 37.8 Å². The first-order valence-electron chi connectivity index (χ1n) is 7.93. The molecule has 0 aliphatic carbocycles. The van der Waals surface area contributed by atoms with Gasteiger partial charge in [0.15, 0.2) is 5.57 Å². The number of rotatable bonds is 3. The molecule has 0 saturated carbocycles. The summed E-state index contributed by atoms with van der Waals surface area (Å²) in [6.07, 6.45) is 1.50. The van der Waals surface area contributed by atoms with Gasteiger partial charge in [0.2, 0.25) is 0 Å². The molecule has 0 atom stereocenters. The highest BCUT2D eigenvalue weighted by Crippen LogP contribution is 2.24. The molecule has 130 valence electrons. The lowest BCUT2D eigenvalue weighted by Crippen LogP contribution is -2.43. The van der Waals surface area contributed by atoms with Crippen LogP contribution >= 0.6 is 0 Å². The Morgan fingerprint density at radius 2 is 1.62 bits per heavy atom. The summed E-state index contributed by atoms with van der Waals surface area (Å²) in [6, 6.07) is 6.28. The zero-order valence-electron chi connectivity index (χ0n) is 15.4. The SMILES string of the molecule is Cc1ccc([Si](C)(C)C)c(N(C)C=C2C(=O)OC(C)(C)OC2=O)c1. The molecule has 1 saturated heterocycles. The van der Waals surface area contributed by atoms with Crippen molar-refractivity contribution in [2.45, 2.75) is 46.2 Å². The second-order valence-corrected chi connectivity index (χ2v) is 12.6. The second kappa shape index (κ2) is 6.09. The van der Waals surface area contributed by atoms with Gasteiger partial charge in [-0.15, -0.1) is 0 Å². The summed E-state index contributed by atoms with van der Waals surface area (Å²) in [4.78, 5) is 26.1. The minimum atomic E-state index is -1.59. The van der Waals surface area contributed by atoms with Crippen LogP contribution in [0.5, 0.6) is 0 Å². The third-order valence-electron chi connectivity index (χ3n) is 3.78. The van der Waals surface area contributed by atoms with Gasteiger partial charge in [0.05, 0.1) is 8.07 Å². The van der Waals surface area contributed by atoms with Crippen LogP contribution < -0.4 is 10.1 Å². The summed E-state index contributed by atoms with van der Waals surface area (Å²) in [5, 5.41) is 1.25. The third-order valence-corrected chi connectivity index (χ3v) is 5.82. The van der Waals surface area contributed by atoms with E-state index in [0.29, 0.717) is 0 Å². The zero-order valence-corrected chi connectivity index (χ0v) is 16.4. The molecular formula is C18H25NO4Si. The number of hydrogen-bond acceptors (Lipinski definition) is 5. The highest BCUT2D eigenvalue weighted by Gasteiger charge is 2.39. The van der Waals surface area contributed by atoms with Crippen LogP contribution in [0.2, 0.25) is 19.6 Å². The van der Waals surface area contributed by atoms with Crippen molar-refractivity contribution < 1.29 is 19.1 Å². The molecule has 6 heteroatoms. The van der Waals surface area contributed by atoms with Crippen molar-refractivity contribution in [3.8, 4) is 0 Å². The van der Waals surface area contributed by atoms with E-state index in [-0.39, 0.29) is 5.57 Å². The molecule has 24 heavy (non-hydrogen) atoms. The van der Waals surface area contributed by atoms with Gasteiger partial charge in [-0.2, -0.15) is 0 Å². The van der Waals surface area contributed by atoms with E-state index in [9.17, 15) is 9.59 Å². The van der Waals surface area contributed by atoms with Crippen molar-refractivity contribution in [2.24, 2.45) is 0 Å². The first-order chi connectivity index (χ1) is 10.9. The molecule has 1 aliphatic heterocycles. The molecule has 1 heterocycles. The second-order valence-electron chi connectivity index (χ2n) is 7.60. The molecule has 0 unspecified atom stereocenters. The summed E-state index contributed by atoms with van der Waals surface area (Å²) in [7, 11) is 0.235. The van der Waals surface area contributed by atoms with Crippen molar-refractivity contribution >= 4 is 30.9 Å². The lowest BCUT2D eigenvalue weighted by molar-refractivity contribution is -0.222. The number of cyclic esters (lactones) is 2. The van der Waals surface area contributed by atoms with E-state index in [1.807, 2.05) is 14.0 Å². The summed E-state index contributed by atoms with van der Waals surface area (Å²) in [5.74, 6) is -2.55. The Labute approximate surface area is 144 Å². The molecule has 1 fully saturated rings. The lowest BCUT2D eigenvalue weighted by Gasteiger charge is -2.31. The molecule has 0 bridgehead atoms. The summed E-state index contributed by atoms with van der Waals surface area (Å²) in [6.45, 7) is 11.9. The maximum Gasteiger partial charge on any atom is 0.350 e. The van der Waals surface area contributed by atoms with Gasteiger partial charge in [-0.3, -0.25) is 0 Å². The van der Waals surface area contributed by atoms with Crippen molar-refractivity contribution in [1.29, 1.82) is 0 Å². The van der Waals surface area contributed by atoms with Gasteiger partial charge in [0.1, 0.15) is 0 Å². The van der Waals surface area contributed by atoms with Gasteiger partial charge in [-0.1, -0.05) is 31.8 Å². The Hall–Kier alpha value is -2.08. The van der Waals surface area contributed by atoms with Crippen molar-refractivity contribution in [3.63, 3.8) is 0 Å². The quantitative estimate of drug-likeness (QED) is 0.364. The number of aryl methyl sites for hydroxylation is 1. The fourth-order valence-corrected chi connectivity index (χ4v) is 4.20. The van der Waals surface area contributed by atoms with Gasteiger partial charge in [-0.25, -0.2) is 9.59 Å². The molecule has 0 amide bonds. The Morgan fingerprint density at radius 3 is 2.12 bits per heavy atom. The molecule has 1 aromatic rings. The Balaban J connectivity index is 2.43. The molecule has 0 spiro atoms. The molecule has 1 aromatic carbocycles. The molecule has 0 N–H and O–H groups in total. The summed E-state index contributed by atoms with van der Waals surface area (Å²) in [5.41, 5.74) is 2.01. The molecule has 1 aliphatic rings. The van der Waals surface area contributed by atoms with Crippen LogP contribution in [0.1, 0.15) is 19.4 Å². The van der Waals surface area contributed by atoms with Gasteiger partial charge >= 0.3 is 11.9 Å². The van der Waals surface area contributed by atoms with Gasteiger partial charge in [0, 0.05) is 32.8 Å². The zero-order chi connectivity index (χ0) is 18.3. The number of anilines is 1. The van der Waals surface area contributed by atoms with E-state index >= 15 is 0 Å². The van der Waals surface area contributed by atoms with E-state index in [1.165, 1.54) is 25.2 Å². The Kier molecular flexibility index (Phi) is 4.63. The van der Waals surface area contributed by atoms with Crippen molar-refractivity contribution in [2.75, 3.05) is 11.9 Å². The fraction of sp³-hybridized carbons (Fsp3) is 0.444. The summed E-state index contributed by atoms with van der Waals surface area (Å²) < 4.78 is 10.3. The van der Waals surface area contributed by atoms with Crippen LogP contribution in [0.15, 0.2) is 30.0 Å². The number of carbonyl (C=O) groups is 2. The topological polar surface area (TPSA) is 55.8 Å². The predicted molar refractivity (Wildman–Crippen MR) is 96.9 cm³/mol. The van der Waals surface area contributed by atoms with Crippen molar-refractivity contribution in [1.82, 2.24) is 0 Å². The van der Waals surface area contributed by atoms with Crippen molar-refractivity contribution in [3.05, 3.63) is 35.5 Å². The number of nitrogens with zero attached hydrogens (tertiary/aromatic N) is 1. The minimum Gasteiger partial charge on any atom is -0.419 e. The maximum absolute atomic E-state index is 12.1. The number of hydrogen-bond donors (Lipinski definition) is 0. The first kappa shape index (κ1) is 18.3. The van der Waals surface area contributed by atoms with Crippen LogP contribution in [-0.4, -0.2) is 32.8 Å². The highest BCUT2D eigenvalue weighted by molar-refractivity contribution is 6.89. The fourth-order valence-electron chi connectivity index (χ4n) is 2.60. The highest BCUT2D eigenvalue weighted by atomic mass is 28.3. The largest absolute Gasteiger partial charge is 0.419 e. The number of esters is 2. The lowest BCUT2D eigenvalue weighted by atomic mass is 10.2. The standard InChI is InChI=1S/C18H25NO4Si/c1-12-8-9-15(24(5,6)7)14(10-12)19(4)11-13-16(20)22-18(2,3)23-17(13)21/h8-11H,1-7H3. The van der Waals surface area contributed by atoms with Crippen LogP contribution in [0.3, 0.4) is 0 Å². The third kappa shape index (κ3) is 3.87. The molecule has 0 radical (unpaired) electrons.